The summed E-state index contributed by atoms with van der Waals surface area (Å²) in [7, 11) is 1.53. The van der Waals surface area contributed by atoms with E-state index in [4.69, 9.17) is 9.47 Å². The number of likely N-dealkylation sites (tertiary alicyclic amines) is 1. The minimum atomic E-state index is -0.337. The lowest BCUT2D eigenvalue weighted by molar-refractivity contribution is -0.138. The van der Waals surface area contributed by atoms with Crippen LogP contribution in [0.2, 0.25) is 0 Å². The largest absolute Gasteiger partial charge is 0.480 e. The number of hydrogen-bond acceptors (Lipinski definition) is 6. The molecule has 158 valence electrons. The summed E-state index contributed by atoms with van der Waals surface area (Å²) >= 11 is 3.43. The van der Waals surface area contributed by atoms with Gasteiger partial charge in [-0.25, -0.2) is 0 Å². The van der Waals surface area contributed by atoms with E-state index in [9.17, 15) is 9.59 Å². The highest BCUT2D eigenvalue weighted by Crippen LogP contribution is 2.29. The number of carbonyl (C=O) groups excluding carboxylic acids is 2. The van der Waals surface area contributed by atoms with Gasteiger partial charge in [0.05, 0.1) is 19.6 Å². The Morgan fingerprint density at radius 1 is 1.17 bits per heavy atom. The lowest BCUT2D eigenvalue weighted by Gasteiger charge is -2.34. The van der Waals surface area contributed by atoms with Gasteiger partial charge >= 0.3 is 0 Å². The molecule has 3 heterocycles. The van der Waals surface area contributed by atoms with Gasteiger partial charge in [-0.3, -0.25) is 9.59 Å². The highest BCUT2D eigenvalue weighted by atomic mass is 79.9. The molecule has 2 amide bonds. The number of rotatable bonds is 5. The summed E-state index contributed by atoms with van der Waals surface area (Å²) in [5.74, 6) is 0.478. The maximum Gasteiger partial charge on any atom is 0.233 e. The maximum atomic E-state index is 13.1. The lowest BCUT2D eigenvalue weighted by atomic mass is 10.0. The van der Waals surface area contributed by atoms with Crippen LogP contribution in [0.5, 0.6) is 11.8 Å². The number of piperidine rings is 1. The maximum absolute atomic E-state index is 13.1. The van der Waals surface area contributed by atoms with Gasteiger partial charge in [0.2, 0.25) is 23.6 Å². The first kappa shape index (κ1) is 20.6. The van der Waals surface area contributed by atoms with Crippen LogP contribution in [-0.4, -0.2) is 59.8 Å². The molecule has 4 rings (SSSR count). The summed E-state index contributed by atoms with van der Waals surface area (Å²) in [6.07, 6.45) is 1.77. The third-order valence-corrected chi connectivity index (χ3v) is 5.89. The molecule has 2 aliphatic heterocycles. The van der Waals surface area contributed by atoms with Gasteiger partial charge in [0.1, 0.15) is 6.10 Å². The van der Waals surface area contributed by atoms with Gasteiger partial charge < -0.3 is 19.3 Å². The number of ether oxygens (including phenoxy) is 2. The minimum Gasteiger partial charge on any atom is -0.480 e. The summed E-state index contributed by atoms with van der Waals surface area (Å²) in [6.45, 7) is 1.56. The summed E-state index contributed by atoms with van der Waals surface area (Å²) < 4.78 is 11.8. The molecule has 1 aromatic heterocycles. The third kappa shape index (κ3) is 4.56. The molecular weight excluding hydrogens is 452 g/mol. The van der Waals surface area contributed by atoms with Crippen LogP contribution in [0.1, 0.15) is 19.3 Å². The van der Waals surface area contributed by atoms with Gasteiger partial charge in [0, 0.05) is 41.8 Å². The molecule has 9 heteroatoms. The van der Waals surface area contributed by atoms with E-state index in [1.54, 1.807) is 17.0 Å². The molecule has 2 fully saturated rings. The van der Waals surface area contributed by atoms with E-state index in [2.05, 4.69) is 26.1 Å². The van der Waals surface area contributed by atoms with Crippen molar-refractivity contribution in [2.45, 2.75) is 25.4 Å². The molecule has 2 saturated heterocycles. The van der Waals surface area contributed by atoms with Crippen LogP contribution in [0.4, 0.5) is 5.69 Å². The zero-order valence-electron chi connectivity index (χ0n) is 16.7. The summed E-state index contributed by atoms with van der Waals surface area (Å²) in [5.41, 5.74) is 0.808. The fourth-order valence-corrected chi connectivity index (χ4v) is 4.30. The number of carbonyl (C=O) groups is 2. The second-order valence-corrected chi connectivity index (χ2v) is 8.38. The topological polar surface area (TPSA) is 84.9 Å². The molecule has 0 bridgehead atoms. The van der Waals surface area contributed by atoms with Crippen molar-refractivity contribution in [3.8, 4) is 11.8 Å². The molecule has 2 aliphatic rings. The highest BCUT2D eigenvalue weighted by molar-refractivity contribution is 9.10. The van der Waals surface area contributed by atoms with Gasteiger partial charge in [0.15, 0.2) is 0 Å². The minimum absolute atomic E-state index is 0.00922. The molecule has 2 atom stereocenters. The van der Waals surface area contributed by atoms with E-state index in [-0.39, 0.29) is 30.3 Å². The van der Waals surface area contributed by atoms with Crippen LogP contribution in [-0.2, 0) is 9.59 Å². The standard InChI is InChI=1S/C21H23BrN4O4/c1-29-18-7-8-19(24-23-18)30-17-6-3-9-25(13-17)21(28)14-10-20(27)26(12-14)16-5-2-4-15(22)11-16/h2,4-5,7-8,11,14,17H,3,6,9-10,12-13H2,1H3. The first-order chi connectivity index (χ1) is 14.5. The Hall–Kier alpha value is -2.68. The van der Waals surface area contributed by atoms with E-state index >= 15 is 0 Å². The summed E-state index contributed by atoms with van der Waals surface area (Å²) in [5, 5.41) is 7.90. The molecule has 2 unspecified atom stereocenters. The predicted octanol–water partition coefficient (Wildman–Crippen LogP) is 2.67. The van der Waals surface area contributed by atoms with Crippen molar-refractivity contribution in [1.29, 1.82) is 0 Å². The molecule has 1 aromatic carbocycles. The average Bonchev–Trinajstić information content (AvgIpc) is 3.15. The Morgan fingerprint density at radius 3 is 2.70 bits per heavy atom. The molecular formula is C21H23BrN4O4. The van der Waals surface area contributed by atoms with Crippen molar-refractivity contribution in [2.24, 2.45) is 5.92 Å². The predicted molar refractivity (Wildman–Crippen MR) is 113 cm³/mol. The van der Waals surface area contributed by atoms with Crippen LogP contribution in [0.15, 0.2) is 40.9 Å². The Bertz CT molecular complexity index is 923. The lowest BCUT2D eigenvalue weighted by Crippen LogP contribution is -2.47. The second-order valence-electron chi connectivity index (χ2n) is 7.47. The van der Waals surface area contributed by atoms with Crippen LogP contribution in [0.25, 0.3) is 0 Å². The van der Waals surface area contributed by atoms with E-state index < -0.39 is 0 Å². The summed E-state index contributed by atoms with van der Waals surface area (Å²) in [4.78, 5) is 29.1. The molecule has 8 nitrogen and oxygen atoms in total. The van der Waals surface area contributed by atoms with Gasteiger partial charge in [-0.15, -0.1) is 10.2 Å². The molecule has 30 heavy (non-hydrogen) atoms. The van der Waals surface area contributed by atoms with Crippen LogP contribution in [0.3, 0.4) is 0 Å². The number of benzene rings is 1. The van der Waals surface area contributed by atoms with E-state index in [1.807, 2.05) is 29.2 Å². The number of amides is 2. The normalized spacial score (nSPS) is 21.6. The van der Waals surface area contributed by atoms with Gasteiger partial charge in [-0.05, 0) is 31.0 Å². The molecule has 0 spiro atoms. The number of hydrogen-bond donors (Lipinski definition) is 0. The second kappa shape index (κ2) is 8.99. The summed E-state index contributed by atoms with van der Waals surface area (Å²) in [6, 6.07) is 11.0. The molecule has 2 aromatic rings. The highest BCUT2D eigenvalue weighted by Gasteiger charge is 2.38. The van der Waals surface area contributed by atoms with E-state index in [0.717, 1.165) is 23.0 Å². The molecule has 0 aliphatic carbocycles. The van der Waals surface area contributed by atoms with Gasteiger partial charge in [0.25, 0.3) is 0 Å². The van der Waals surface area contributed by atoms with Gasteiger partial charge in [-0.1, -0.05) is 22.0 Å². The number of anilines is 1. The van der Waals surface area contributed by atoms with Crippen molar-refractivity contribution in [3.63, 3.8) is 0 Å². The van der Waals surface area contributed by atoms with Crippen molar-refractivity contribution >= 4 is 33.4 Å². The molecule has 0 N–H and O–H groups in total. The van der Waals surface area contributed by atoms with Crippen molar-refractivity contribution in [1.82, 2.24) is 15.1 Å². The molecule has 0 radical (unpaired) electrons. The monoisotopic (exact) mass is 474 g/mol. The van der Waals surface area contributed by atoms with E-state index in [0.29, 0.717) is 31.4 Å². The van der Waals surface area contributed by atoms with Crippen LogP contribution >= 0.6 is 15.9 Å². The zero-order valence-corrected chi connectivity index (χ0v) is 18.2. The Labute approximate surface area is 183 Å². The number of nitrogens with zero attached hydrogens (tertiary/aromatic N) is 4. The first-order valence-corrected chi connectivity index (χ1v) is 10.7. The Balaban J connectivity index is 1.37. The quantitative estimate of drug-likeness (QED) is 0.662. The van der Waals surface area contributed by atoms with Crippen LogP contribution in [0, 0.1) is 5.92 Å². The number of aromatic nitrogens is 2. The van der Waals surface area contributed by atoms with Crippen LogP contribution < -0.4 is 14.4 Å². The van der Waals surface area contributed by atoms with Crippen molar-refractivity contribution < 1.29 is 19.1 Å². The zero-order chi connectivity index (χ0) is 21.1. The SMILES string of the molecule is COc1ccc(OC2CCCN(C(=O)C3CC(=O)N(c4cccc(Br)c4)C3)C2)nn1. The van der Waals surface area contributed by atoms with Crippen molar-refractivity contribution in [3.05, 3.63) is 40.9 Å². The average molecular weight is 475 g/mol. The first-order valence-electron chi connectivity index (χ1n) is 9.92. The Kier molecular flexibility index (Phi) is 6.17. The van der Waals surface area contributed by atoms with E-state index in [1.165, 1.54) is 7.11 Å². The smallest absolute Gasteiger partial charge is 0.233 e. The fourth-order valence-electron chi connectivity index (χ4n) is 3.91. The number of methoxy groups -OCH3 is 1. The van der Waals surface area contributed by atoms with Gasteiger partial charge in [-0.2, -0.15) is 0 Å². The fraction of sp³-hybridized carbons (Fsp3) is 0.429. The number of halogens is 1. The third-order valence-electron chi connectivity index (χ3n) is 5.40. The Morgan fingerprint density at radius 2 is 1.97 bits per heavy atom. The van der Waals surface area contributed by atoms with Crippen molar-refractivity contribution in [2.75, 3.05) is 31.6 Å². The molecule has 0 saturated carbocycles.